The second-order valence-corrected chi connectivity index (χ2v) is 4.37. The predicted octanol–water partition coefficient (Wildman–Crippen LogP) is 1.54. The first-order valence-electron chi connectivity index (χ1n) is 4.92. The SMILES string of the molecule is COC(=O)C(O)c1ccc2c(c1)c(Br)nn2C. The van der Waals surface area contributed by atoms with Crippen LogP contribution in [0, 0.1) is 0 Å². The van der Waals surface area contributed by atoms with Gasteiger partial charge in [0.1, 0.15) is 4.60 Å². The molecule has 1 N–H and O–H groups in total. The van der Waals surface area contributed by atoms with Crippen LogP contribution < -0.4 is 0 Å². The summed E-state index contributed by atoms with van der Waals surface area (Å²) in [7, 11) is 3.06. The molecule has 1 aromatic carbocycles. The summed E-state index contributed by atoms with van der Waals surface area (Å²) >= 11 is 3.33. The van der Waals surface area contributed by atoms with Crippen LogP contribution in [0.4, 0.5) is 0 Å². The lowest BCUT2D eigenvalue weighted by Gasteiger charge is -2.08. The summed E-state index contributed by atoms with van der Waals surface area (Å²) in [4.78, 5) is 11.2. The lowest BCUT2D eigenvalue weighted by molar-refractivity contribution is -0.150. The van der Waals surface area contributed by atoms with Gasteiger partial charge in [-0.1, -0.05) is 6.07 Å². The number of nitrogens with zero attached hydrogens (tertiary/aromatic N) is 2. The van der Waals surface area contributed by atoms with E-state index in [9.17, 15) is 9.90 Å². The second-order valence-electron chi connectivity index (χ2n) is 3.62. The zero-order chi connectivity index (χ0) is 12.6. The molecule has 0 aliphatic carbocycles. The average Bonchev–Trinajstić information content (AvgIpc) is 2.62. The predicted molar refractivity (Wildman–Crippen MR) is 65.4 cm³/mol. The number of aryl methyl sites for hydroxylation is 1. The van der Waals surface area contributed by atoms with E-state index in [1.165, 1.54) is 7.11 Å². The number of fused-ring (bicyclic) bond motifs is 1. The van der Waals surface area contributed by atoms with Gasteiger partial charge in [0.2, 0.25) is 0 Å². The number of carbonyl (C=O) groups excluding carboxylic acids is 1. The Morgan fingerprint density at radius 1 is 1.59 bits per heavy atom. The summed E-state index contributed by atoms with van der Waals surface area (Å²) in [5.41, 5.74) is 1.40. The van der Waals surface area contributed by atoms with Crippen LogP contribution in [0.15, 0.2) is 22.8 Å². The van der Waals surface area contributed by atoms with Crippen LogP contribution in [0.5, 0.6) is 0 Å². The molecule has 1 unspecified atom stereocenters. The van der Waals surface area contributed by atoms with Gasteiger partial charge in [0.05, 0.1) is 12.6 Å². The van der Waals surface area contributed by atoms with Crippen LogP contribution in [0.1, 0.15) is 11.7 Å². The molecule has 0 fully saturated rings. The number of rotatable bonds is 2. The molecule has 1 atom stereocenters. The largest absolute Gasteiger partial charge is 0.467 e. The minimum atomic E-state index is -1.27. The quantitative estimate of drug-likeness (QED) is 0.854. The summed E-state index contributed by atoms with van der Waals surface area (Å²) in [6.07, 6.45) is -1.27. The van der Waals surface area contributed by atoms with E-state index in [0.717, 1.165) is 10.9 Å². The van der Waals surface area contributed by atoms with Crippen molar-refractivity contribution in [2.24, 2.45) is 7.05 Å². The molecule has 6 heteroatoms. The fourth-order valence-electron chi connectivity index (χ4n) is 1.66. The number of methoxy groups -OCH3 is 1. The van der Waals surface area contributed by atoms with Crippen LogP contribution >= 0.6 is 15.9 Å². The number of aliphatic hydroxyl groups excluding tert-OH is 1. The van der Waals surface area contributed by atoms with Crippen LogP contribution in [0.3, 0.4) is 0 Å². The van der Waals surface area contributed by atoms with Crippen molar-refractivity contribution in [3.8, 4) is 0 Å². The number of halogens is 1. The molecule has 0 spiro atoms. The van der Waals surface area contributed by atoms with Crippen LogP contribution in [-0.4, -0.2) is 28.0 Å². The van der Waals surface area contributed by atoms with E-state index in [2.05, 4.69) is 25.8 Å². The fourth-order valence-corrected chi connectivity index (χ4v) is 2.21. The number of carbonyl (C=O) groups is 1. The first-order chi connectivity index (χ1) is 8.04. The van der Waals surface area contributed by atoms with Gasteiger partial charge in [-0.25, -0.2) is 4.79 Å². The Hall–Kier alpha value is -1.40. The number of hydrogen-bond acceptors (Lipinski definition) is 4. The molecule has 0 bridgehead atoms. The minimum absolute atomic E-state index is 0.484. The van der Waals surface area contributed by atoms with Crippen LogP contribution in [0.25, 0.3) is 10.9 Å². The van der Waals surface area contributed by atoms with Crippen molar-refractivity contribution in [2.45, 2.75) is 6.10 Å². The lowest BCUT2D eigenvalue weighted by atomic mass is 10.1. The zero-order valence-corrected chi connectivity index (χ0v) is 10.9. The normalized spacial score (nSPS) is 12.7. The summed E-state index contributed by atoms with van der Waals surface area (Å²) in [6, 6.07) is 5.20. The standard InChI is InChI=1S/C11H11BrN2O3/c1-14-8-4-3-6(9(15)11(16)17-2)5-7(8)10(12)13-14/h3-5,9,15H,1-2H3. The van der Waals surface area contributed by atoms with Crippen LogP contribution in [-0.2, 0) is 16.6 Å². The van der Waals surface area contributed by atoms with Crippen LogP contribution in [0.2, 0.25) is 0 Å². The summed E-state index contributed by atoms with van der Waals surface area (Å²) in [5, 5.41) is 14.8. The number of esters is 1. The third kappa shape index (κ3) is 2.05. The van der Waals surface area contributed by atoms with E-state index in [1.54, 1.807) is 22.9 Å². The first-order valence-corrected chi connectivity index (χ1v) is 5.72. The number of benzene rings is 1. The van der Waals surface area contributed by atoms with E-state index < -0.39 is 12.1 Å². The molecule has 17 heavy (non-hydrogen) atoms. The second kappa shape index (κ2) is 4.46. The number of ether oxygens (including phenoxy) is 1. The molecule has 1 heterocycles. The first kappa shape index (κ1) is 12.1. The lowest BCUT2D eigenvalue weighted by Crippen LogP contribution is -2.13. The van der Waals surface area contributed by atoms with Gasteiger partial charge in [0.25, 0.3) is 0 Å². The number of aliphatic hydroxyl groups is 1. The van der Waals surface area contributed by atoms with Crippen molar-refractivity contribution in [1.29, 1.82) is 0 Å². The Kier molecular flexibility index (Phi) is 3.17. The van der Waals surface area contributed by atoms with E-state index in [1.807, 2.05) is 7.05 Å². The van der Waals surface area contributed by atoms with Gasteiger partial charge in [-0.2, -0.15) is 5.10 Å². The monoisotopic (exact) mass is 298 g/mol. The van der Waals surface area contributed by atoms with E-state index in [-0.39, 0.29) is 0 Å². The van der Waals surface area contributed by atoms with Crippen molar-refractivity contribution in [2.75, 3.05) is 7.11 Å². The highest BCUT2D eigenvalue weighted by Gasteiger charge is 2.19. The molecular formula is C11H11BrN2O3. The maximum atomic E-state index is 11.2. The fraction of sp³-hybridized carbons (Fsp3) is 0.273. The van der Waals surface area contributed by atoms with Crippen molar-refractivity contribution in [1.82, 2.24) is 9.78 Å². The smallest absolute Gasteiger partial charge is 0.339 e. The van der Waals surface area contributed by atoms with Gasteiger partial charge in [0, 0.05) is 12.4 Å². The van der Waals surface area contributed by atoms with Gasteiger partial charge >= 0.3 is 5.97 Å². The topological polar surface area (TPSA) is 64.3 Å². The van der Waals surface area contributed by atoms with Gasteiger partial charge in [-0.3, -0.25) is 4.68 Å². The molecule has 90 valence electrons. The zero-order valence-electron chi connectivity index (χ0n) is 9.35. The highest BCUT2D eigenvalue weighted by Crippen LogP contribution is 2.26. The molecule has 0 radical (unpaired) electrons. The van der Waals surface area contributed by atoms with E-state index in [4.69, 9.17) is 0 Å². The maximum absolute atomic E-state index is 11.2. The number of aromatic nitrogens is 2. The Bertz CT molecular complexity index is 579. The van der Waals surface area contributed by atoms with Gasteiger partial charge < -0.3 is 9.84 Å². The van der Waals surface area contributed by atoms with Crippen molar-refractivity contribution in [3.63, 3.8) is 0 Å². The van der Waals surface area contributed by atoms with Crippen molar-refractivity contribution in [3.05, 3.63) is 28.4 Å². The molecule has 0 saturated carbocycles. The minimum Gasteiger partial charge on any atom is -0.467 e. The summed E-state index contributed by atoms with van der Waals surface area (Å²) in [5.74, 6) is -0.677. The third-order valence-electron chi connectivity index (χ3n) is 2.57. The Morgan fingerprint density at radius 3 is 2.94 bits per heavy atom. The molecule has 2 aromatic rings. The Morgan fingerprint density at radius 2 is 2.29 bits per heavy atom. The molecule has 0 saturated heterocycles. The van der Waals surface area contributed by atoms with Gasteiger partial charge in [-0.05, 0) is 33.6 Å². The molecular weight excluding hydrogens is 288 g/mol. The molecule has 0 amide bonds. The highest BCUT2D eigenvalue weighted by molar-refractivity contribution is 9.10. The highest BCUT2D eigenvalue weighted by atomic mass is 79.9. The van der Waals surface area contributed by atoms with Crippen molar-refractivity contribution < 1.29 is 14.6 Å². The molecule has 2 rings (SSSR count). The van der Waals surface area contributed by atoms with Crippen molar-refractivity contribution >= 4 is 32.8 Å². The van der Waals surface area contributed by atoms with E-state index in [0.29, 0.717) is 10.2 Å². The number of hydrogen-bond donors (Lipinski definition) is 1. The Labute approximate surface area is 106 Å². The third-order valence-corrected chi connectivity index (χ3v) is 3.16. The molecule has 1 aromatic heterocycles. The Balaban J connectivity index is 2.51. The maximum Gasteiger partial charge on any atom is 0.339 e. The summed E-state index contributed by atoms with van der Waals surface area (Å²) < 4.78 is 6.88. The summed E-state index contributed by atoms with van der Waals surface area (Å²) in [6.45, 7) is 0. The van der Waals surface area contributed by atoms with Gasteiger partial charge in [0.15, 0.2) is 6.10 Å². The van der Waals surface area contributed by atoms with E-state index >= 15 is 0 Å². The average molecular weight is 299 g/mol. The van der Waals surface area contributed by atoms with Gasteiger partial charge in [-0.15, -0.1) is 0 Å². The molecule has 5 nitrogen and oxygen atoms in total. The molecule has 0 aliphatic heterocycles. The molecule has 0 aliphatic rings.